The molecule has 0 aromatic heterocycles. The van der Waals surface area contributed by atoms with E-state index in [9.17, 15) is 0 Å². The Morgan fingerprint density at radius 2 is 1.64 bits per heavy atom. The zero-order valence-corrected chi connectivity index (χ0v) is 9.68. The molecule has 82 valence electrons. The number of unbranched alkanes of at least 4 members (excludes halogenated alkanes) is 6. The van der Waals surface area contributed by atoms with Gasteiger partial charge in [0.05, 0.1) is 12.1 Å². The van der Waals surface area contributed by atoms with Crippen molar-refractivity contribution >= 4 is 0 Å². The molecule has 2 heteroatoms. The van der Waals surface area contributed by atoms with E-state index in [1.165, 1.54) is 44.9 Å². The van der Waals surface area contributed by atoms with Crippen LogP contribution in [0, 0.1) is 11.3 Å². The molecule has 0 aromatic rings. The maximum atomic E-state index is 8.52. The Labute approximate surface area is 88.7 Å². The summed E-state index contributed by atoms with van der Waals surface area (Å²) >= 11 is 0. The summed E-state index contributed by atoms with van der Waals surface area (Å²) in [5.41, 5.74) is 0. The number of nitrogens with zero attached hydrogens (tertiary/aromatic N) is 1. The summed E-state index contributed by atoms with van der Waals surface area (Å²) in [6, 6.07) is 2.18. The van der Waals surface area contributed by atoms with Crippen molar-refractivity contribution in [3.8, 4) is 6.07 Å². The van der Waals surface area contributed by atoms with Crippen LogP contribution in [0.4, 0.5) is 0 Å². The first-order valence-corrected chi connectivity index (χ1v) is 5.94. The summed E-state index contributed by atoms with van der Waals surface area (Å²) in [5.74, 6) is 0. The highest BCUT2D eigenvalue weighted by Crippen LogP contribution is 2.06. The van der Waals surface area contributed by atoms with E-state index in [1.54, 1.807) is 0 Å². The van der Waals surface area contributed by atoms with Crippen molar-refractivity contribution in [1.82, 2.24) is 5.32 Å². The lowest BCUT2D eigenvalue weighted by molar-refractivity contribution is 0.551. The van der Waals surface area contributed by atoms with Crippen LogP contribution in [0.5, 0.6) is 0 Å². The molecule has 0 fully saturated rings. The number of hydrogen-bond donors (Lipinski definition) is 1. The van der Waals surface area contributed by atoms with Crippen LogP contribution < -0.4 is 5.32 Å². The minimum Gasteiger partial charge on any atom is -0.302 e. The monoisotopic (exact) mass is 196 g/mol. The molecule has 14 heavy (non-hydrogen) atoms. The third-order valence-corrected chi connectivity index (χ3v) is 2.42. The largest absolute Gasteiger partial charge is 0.302 e. The molecular formula is C12H24N2. The van der Waals surface area contributed by atoms with Gasteiger partial charge >= 0.3 is 0 Å². The summed E-state index contributed by atoms with van der Waals surface area (Å²) in [6.45, 7) is 5.14. The van der Waals surface area contributed by atoms with Gasteiger partial charge in [0.25, 0.3) is 0 Å². The van der Waals surface area contributed by atoms with Gasteiger partial charge in [0.15, 0.2) is 0 Å². The van der Waals surface area contributed by atoms with Gasteiger partial charge in [0.1, 0.15) is 0 Å². The second kappa shape index (κ2) is 10.5. The Hall–Kier alpha value is -0.550. The first kappa shape index (κ1) is 13.4. The molecule has 0 saturated heterocycles. The van der Waals surface area contributed by atoms with Crippen LogP contribution in [0.2, 0.25) is 0 Å². The summed E-state index contributed by atoms with van der Waals surface area (Å²) in [5, 5.41) is 11.7. The van der Waals surface area contributed by atoms with Crippen molar-refractivity contribution in [3.05, 3.63) is 0 Å². The minimum absolute atomic E-state index is 0.00934. The number of rotatable bonds is 9. The molecule has 0 heterocycles. The summed E-state index contributed by atoms with van der Waals surface area (Å²) < 4.78 is 0. The van der Waals surface area contributed by atoms with Crippen LogP contribution in [0.3, 0.4) is 0 Å². The second-order valence-corrected chi connectivity index (χ2v) is 3.93. The summed E-state index contributed by atoms with van der Waals surface area (Å²) in [4.78, 5) is 0. The summed E-state index contributed by atoms with van der Waals surface area (Å²) in [7, 11) is 0. The topological polar surface area (TPSA) is 35.8 Å². The van der Waals surface area contributed by atoms with E-state index in [1.807, 2.05) is 6.92 Å². The molecule has 0 spiro atoms. The van der Waals surface area contributed by atoms with Crippen LogP contribution in [0.1, 0.15) is 58.8 Å². The van der Waals surface area contributed by atoms with E-state index < -0.39 is 0 Å². The number of nitriles is 1. The van der Waals surface area contributed by atoms with Crippen molar-refractivity contribution in [2.45, 2.75) is 64.8 Å². The van der Waals surface area contributed by atoms with Gasteiger partial charge < -0.3 is 5.32 Å². The first-order chi connectivity index (χ1) is 6.81. The molecule has 0 aromatic carbocycles. The Balaban J connectivity index is 2.96. The predicted octanol–water partition coefficient (Wildman–Crippen LogP) is 3.24. The van der Waals surface area contributed by atoms with Crippen LogP contribution >= 0.6 is 0 Å². The lowest BCUT2D eigenvalue weighted by atomic mass is 10.1. The molecule has 0 radical (unpaired) electrons. The first-order valence-electron chi connectivity index (χ1n) is 5.94. The van der Waals surface area contributed by atoms with Crippen molar-refractivity contribution in [2.24, 2.45) is 0 Å². The van der Waals surface area contributed by atoms with Gasteiger partial charge in [0, 0.05) is 0 Å². The molecule has 0 amide bonds. The Morgan fingerprint density at radius 3 is 2.21 bits per heavy atom. The molecule has 0 saturated carbocycles. The highest BCUT2D eigenvalue weighted by atomic mass is 14.9. The Bertz CT molecular complexity index is 149. The molecular weight excluding hydrogens is 172 g/mol. The lowest BCUT2D eigenvalue weighted by Crippen LogP contribution is -2.25. The quantitative estimate of drug-likeness (QED) is 0.575. The molecule has 0 aliphatic heterocycles. The molecule has 1 N–H and O–H groups in total. The van der Waals surface area contributed by atoms with Gasteiger partial charge in [-0.3, -0.25) is 0 Å². The normalized spacial score (nSPS) is 12.4. The number of hydrogen-bond acceptors (Lipinski definition) is 2. The fourth-order valence-corrected chi connectivity index (χ4v) is 1.45. The second-order valence-electron chi connectivity index (χ2n) is 3.93. The zero-order chi connectivity index (χ0) is 10.6. The van der Waals surface area contributed by atoms with Gasteiger partial charge in [-0.2, -0.15) is 5.26 Å². The Kier molecular flexibility index (Phi) is 10.1. The highest BCUT2D eigenvalue weighted by molar-refractivity contribution is 4.84. The van der Waals surface area contributed by atoms with E-state index >= 15 is 0 Å². The van der Waals surface area contributed by atoms with E-state index in [0.29, 0.717) is 0 Å². The van der Waals surface area contributed by atoms with Crippen LogP contribution in [0.15, 0.2) is 0 Å². The van der Waals surface area contributed by atoms with E-state index in [0.717, 1.165) is 6.54 Å². The van der Waals surface area contributed by atoms with Gasteiger partial charge in [0.2, 0.25) is 0 Å². The molecule has 0 bridgehead atoms. The molecule has 0 aliphatic carbocycles. The fourth-order valence-electron chi connectivity index (χ4n) is 1.45. The van der Waals surface area contributed by atoms with Gasteiger partial charge in [-0.1, -0.05) is 45.4 Å². The minimum atomic E-state index is 0.00934. The molecule has 0 aliphatic rings. The van der Waals surface area contributed by atoms with Crippen molar-refractivity contribution in [1.29, 1.82) is 5.26 Å². The van der Waals surface area contributed by atoms with E-state index in [2.05, 4.69) is 18.3 Å². The maximum Gasteiger partial charge on any atom is 0.0924 e. The highest BCUT2D eigenvalue weighted by Gasteiger charge is 1.96. The molecule has 1 atom stereocenters. The average molecular weight is 196 g/mol. The zero-order valence-electron chi connectivity index (χ0n) is 9.68. The predicted molar refractivity (Wildman–Crippen MR) is 61.1 cm³/mol. The van der Waals surface area contributed by atoms with E-state index in [-0.39, 0.29) is 6.04 Å². The smallest absolute Gasteiger partial charge is 0.0924 e. The molecule has 1 unspecified atom stereocenters. The van der Waals surface area contributed by atoms with Gasteiger partial charge in [-0.25, -0.2) is 0 Å². The van der Waals surface area contributed by atoms with Crippen molar-refractivity contribution < 1.29 is 0 Å². The van der Waals surface area contributed by atoms with Crippen molar-refractivity contribution in [3.63, 3.8) is 0 Å². The van der Waals surface area contributed by atoms with Gasteiger partial charge in [-0.15, -0.1) is 0 Å². The van der Waals surface area contributed by atoms with Crippen LogP contribution in [0.25, 0.3) is 0 Å². The summed E-state index contributed by atoms with van der Waals surface area (Å²) in [6.07, 6.45) is 9.32. The average Bonchev–Trinajstić information content (AvgIpc) is 2.21. The van der Waals surface area contributed by atoms with Crippen LogP contribution in [-0.2, 0) is 0 Å². The fraction of sp³-hybridized carbons (Fsp3) is 0.917. The third-order valence-electron chi connectivity index (χ3n) is 2.42. The maximum absolute atomic E-state index is 8.52. The lowest BCUT2D eigenvalue weighted by Gasteiger charge is -2.05. The standard InChI is InChI=1S/C12H24N2/c1-3-4-5-6-7-8-9-10-14-12(2)11-13/h12,14H,3-10H2,1-2H3. The molecule has 0 rings (SSSR count). The molecule has 2 nitrogen and oxygen atoms in total. The van der Waals surface area contributed by atoms with E-state index in [4.69, 9.17) is 5.26 Å². The third kappa shape index (κ3) is 9.54. The van der Waals surface area contributed by atoms with Gasteiger partial charge in [-0.05, 0) is 19.9 Å². The van der Waals surface area contributed by atoms with Crippen LogP contribution in [-0.4, -0.2) is 12.6 Å². The number of nitrogens with one attached hydrogen (secondary N) is 1. The Morgan fingerprint density at radius 1 is 1.07 bits per heavy atom. The van der Waals surface area contributed by atoms with Crippen molar-refractivity contribution in [2.75, 3.05) is 6.54 Å². The SMILES string of the molecule is CCCCCCCCCNC(C)C#N.